The van der Waals surface area contributed by atoms with Gasteiger partial charge in [0.2, 0.25) is 0 Å². The standard InChI is InChI=1S/C23H21NO6/c25-21(14-27-17-7-4-15-5-9-22(26)28-19(15)13-17)24-16-6-8-18-20(12-16)30-23(29-18)10-2-1-3-11-23/h4-9,12-13H,1-3,10-11,14H2,(H,24,25). The first-order valence-electron chi connectivity index (χ1n) is 10.1. The Morgan fingerprint density at radius 1 is 0.967 bits per heavy atom. The van der Waals surface area contributed by atoms with Crippen LogP contribution in [-0.2, 0) is 4.79 Å². The first-order valence-corrected chi connectivity index (χ1v) is 10.1. The summed E-state index contributed by atoms with van der Waals surface area (Å²) in [5, 5.41) is 3.59. The van der Waals surface area contributed by atoms with Crippen LogP contribution in [0.3, 0.4) is 0 Å². The second-order valence-electron chi connectivity index (χ2n) is 7.63. The van der Waals surface area contributed by atoms with Gasteiger partial charge < -0.3 is 23.9 Å². The van der Waals surface area contributed by atoms with Crippen LogP contribution >= 0.6 is 0 Å². The molecule has 2 aromatic carbocycles. The Morgan fingerprint density at radius 2 is 1.77 bits per heavy atom. The zero-order valence-corrected chi connectivity index (χ0v) is 16.3. The first kappa shape index (κ1) is 18.5. The van der Waals surface area contributed by atoms with Crippen LogP contribution in [0.5, 0.6) is 17.2 Å². The van der Waals surface area contributed by atoms with E-state index in [1.807, 2.05) is 6.07 Å². The molecule has 5 rings (SSSR count). The smallest absolute Gasteiger partial charge is 0.336 e. The molecule has 7 heteroatoms. The molecule has 1 N–H and O–H groups in total. The Kier molecular flexibility index (Phi) is 4.58. The van der Waals surface area contributed by atoms with Crippen molar-refractivity contribution in [3.63, 3.8) is 0 Å². The highest BCUT2D eigenvalue weighted by Gasteiger charge is 2.42. The van der Waals surface area contributed by atoms with E-state index in [0.29, 0.717) is 28.5 Å². The second-order valence-corrected chi connectivity index (χ2v) is 7.63. The monoisotopic (exact) mass is 407 g/mol. The highest BCUT2D eigenvalue weighted by atomic mass is 16.7. The molecule has 1 aliphatic carbocycles. The summed E-state index contributed by atoms with van der Waals surface area (Å²) in [7, 11) is 0. The zero-order chi connectivity index (χ0) is 20.6. The van der Waals surface area contributed by atoms with E-state index in [2.05, 4.69) is 5.32 Å². The number of carbonyl (C=O) groups is 1. The van der Waals surface area contributed by atoms with Crippen LogP contribution in [0.25, 0.3) is 11.0 Å². The van der Waals surface area contributed by atoms with Crippen LogP contribution in [0.4, 0.5) is 5.69 Å². The molecule has 3 aromatic rings. The summed E-state index contributed by atoms with van der Waals surface area (Å²) >= 11 is 0. The maximum atomic E-state index is 12.3. The van der Waals surface area contributed by atoms with Crippen molar-refractivity contribution in [2.45, 2.75) is 37.9 Å². The third-order valence-corrected chi connectivity index (χ3v) is 5.40. The van der Waals surface area contributed by atoms with Gasteiger partial charge in [0.25, 0.3) is 11.7 Å². The Labute approximate surface area is 172 Å². The number of nitrogens with one attached hydrogen (secondary N) is 1. The summed E-state index contributed by atoms with van der Waals surface area (Å²) in [5.74, 6) is 0.953. The predicted octanol–water partition coefficient (Wildman–Crippen LogP) is 4.24. The maximum absolute atomic E-state index is 12.3. The molecule has 1 spiro atoms. The lowest BCUT2D eigenvalue weighted by atomic mass is 9.94. The van der Waals surface area contributed by atoms with Crippen molar-refractivity contribution >= 4 is 22.6 Å². The molecule has 0 atom stereocenters. The molecule has 0 radical (unpaired) electrons. The minimum atomic E-state index is -0.544. The van der Waals surface area contributed by atoms with Crippen LogP contribution in [0.15, 0.2) is 57.7 Å². The summed E-state index contributed by atoms with van der Waals surface area (Å²) in [6.07, 6.45) is 5.14. The maximum Gasteiger partial charge on any atom is 0.336 e. The van der Waals surface area contributed by atoms with Crippen molar-refractivity contribution in [2.24, 2.45) is 0 Å². The van der Waals surface area contributed by atoms with Gasteiger partial charge in [-0.25, -0.2) is 4.79 Å². The average Bonchev–Trinajstić information content (AvgIpc) is 3.08. The number of benzene rings is 2. The van der Waals surface area contributed by atoms with Gasteiger partial charge in [-0.3, -0.25) is 4.79 Å². The molecular weight excluding hydrogens is 386 g/mol. The van der Waals surface area contributed by atoms with E-state index in [0.717, 1.165) is 31.1 Å². The molecule has 1 saturated carbocycles. The van der Waals surface area contributed by atoms with Crippen molar-refractivity contribution in [2.75, 3.05) is 11.9 Å². The predicted molar refractivity (Wildman–Crippen MR) is 110 cm³/mol. The van der Waals surface area contributed by atoms with Crippen LogP contribution in [0.2, 0.25) is 0 Å². The minimum absolute atomic E-state index is 0.180. The van der Waals surface area contributed by atoms with Gasteiger partial charge in [0.05, 0.1) is 0 Å². The Balaban J connectivity index is 1.21. The number of ether oxygens (including phenoxy) is 3. The average molecular weight is 407 g/mol. The number of rotatable bonds is 4. The van der Waals surface area contributed by atoms with E-state index in [9.17, 15) is 9.59 Å². The number of hydrogen-bond acceptors (Lipinski definition) is 6. The zero-order valence-electron chi connectivity index (χ0n) is 16.3. The number of anilines is 1. The fourth-order valence-corrected chi connectivity index (χ4v) is 3.94. The van der Waals surface area contributed by atoms with Gasteiger partial charge in [-0.1, -0.05) is 6.42 Å². The van der Waals surface area contributed by atoms with Crippen molar-refractivity contribution in [3.05, 3.63) is 59.0 Å². The second kappa shape index (κ2) is 7.40. The van der Waals surface area contributed by atoms with Gasteiger partial charge in [-0.15, -0.1) is 0 Å². The van der Waals surface area contributed by atoms with E-state index in [1.165, 1.54) is 12.5 Å². The third kappa shape index (κ3) is 3.70. The van der Waals surface area contributed by atoms with Gasteiger partial charge >= 0.3 is 5.63 Å². The van der Waals surface area contributed by atoms with E-state index < -0.39 is 11.4 Å². The number of hydrogen-bond donors (Lipinski definition) is 1. The Bertz CT molecular complexity index is 1160. The Hall–Kier alpha value is -3.48. The molecular formula is C23H21NO6. The van der Waals surface area contributed by atoms with Crippen LogP contribution in [0.1, 0.15) is 32.1 Å². The molecule has 0 bridgehead atoms. The fraction of sp³-hybridized carbons (Fsp3) is 0.304. The van der Waals surface area contributed by atoms with Gasteiger partial charge in [-0.05, 0) is 43.2 Å². The summed E-state index contributed by atoms with van der Waals surface area (Å²) in [4.78, 5) is 23.7. The molecule has 0 saturated heterocycles. The van der Waals surface area contributed by atoms with Crippen LogP contribution in [0, 0.1) is 0 Å². The van der Waals surface area contributed by atoms with E-state index in [1.54, 1.807) is 36.4 Å². The Morgan fingerprint density at radius 3 is 2.63 bits per heavy atom. The molecule has 30 heavy (non-hydrogen) atoms. The number of fused-ring (bicyclic) bond motifs is 2. The molecule has 1 amide bonds. The summed E-state index contributed by atoms with van der Waals surface area (Å²) in [6.45, 7) is -0.180. The van der Waals surface area contributed by atoms with E-state index in [4.69, 9.17) is 18.6 Å². The summed E-state index contributed by atoms with van der Waals surface area (Å²) in [6, 6.07) is 13.5. The van der Waals surface area contributed by atoms with E-state index in [-0.39, 0.29) is 12.5 Å². The quantitative estimate of drug-likeness (QED) is 0.651. The van der Waals surface area contributed by atoms with E-state index >= 15 is 0 Å². The molecule has 2 aliphatic rings. The lowest BCUT2D eigenvalue weighted by Gasteiger charge is -2.31. The van der Waals surface area contributed by atoms with Gasteiger partial charge in [-0.2, -0.15) is 0 Å². The fourth-order valence-electron chi connectivity index (χ4n) is 3.94. The topological polar surface area (TPSA) is 87.0 Å². The van der Waals surface area contributed by atoms with Crippen molar-refractivity contribution in [3.8, 4) is 17.2 Å². The van der Waals surface area contributed by atoms with Gasteiger partial charge in [0.15, 0.2) is 18.1 Å². The SMILES string of the molecule is O=C(COc1ccc2ccc(=O)oc2c1)Nc1ccc2c(c1)OC1(CCCCC1)O2. The highest BCUT2D eigenvalue weighted by molar-refractivity contribution is 5.92. The normalized spacial score (nSPS) is 16.5. The number of carbonyl (C=O) groups excluding carboxylic acids is 1. The molecule has 2 heterocycles. The lowest BCUT2D eigenvalue weighted by Crippen LogP contribution is -2.40. The summed E-state index contributed by atoms with van der Waals surface area (Å²) in [5.41, 5.74) is 0.589. The van der Waals surface area contributed by atoms with Crippen molar-refractivity contribution in [1.82, 2.24) is 0 Å². The van der Waals surface area contributed by atoms with Crippen molar-refractivity contribution < 1.29 is 23.4 Å². The molecule has 1 aromatic heterocycles. The number of amides is 1. The molecule has 154 valence electrons. The minimum Gasteiger partial charge on any atom is -0.484 e. The van der Waals surface area contributed by atoms with Crippen molar-refractivity contribution in [1.29, 1.82) is 0 Å². The molecule has 7 nitrogen and oxygen atoms in total. The van der Waals surface area contributed by atoms with Gasteiger partial charge in [0, 0.05) is 42.1 Å². The molecule has 1 aliphatic heterocycles. The lowest BCUT2D eigenvalue weighted by molar-refractivity contribution is -0.118. The van der Waals surface area contributed by atoms with Gasteiger partial charge in [0.1, 0.15) is 11.3 Å². The third-order valence-electron chi connectivity index (χ3n) is 5.40. The molecule has 0 unspecified atom stereocenters. The largest absolute Gasteiger partial charge is 0.484 e. The summed E-state index contributed by atoms with van der Waals surface area (Å²) < 4.78 is 22.8. The highest BCUT2D eigenvalue weighted by Crippen LogP contribution is 2.46. The molecule has 1 fully saturated rings. The first-order chi connectivity index (χ1) is 14.6. The van der Waals surface area contributed by atoms with Crippen LogP contribution < -0.4 is 25.2 Å². The van der Waals surface area contributed by atoms with Crippen LogP contribution in [-0.4, -0.2) is 18.3 Å².